The zero-order valence-electron chi connectivity index (χ0n) is 11.8. The second-order valence-electron chi connectivity index (χ2n) is 4.86. The van der Waals surface area contributed by atoms with Crippen LogP contribution in [0.3, 0.4) is 0 Å². The molecule has 2 rings (SSSR count). The number of pyridine rings is 1. The summed E-state index contributed by atoms with van der Waals surface area (Å²) in [4.78, 5) is 4.24. The minimum atomic E-state index is 0.472. The van der Waals surface area contributed by atoms with E-state index in [1.807, 2.05) is 30.6 Å². The topological polar surface area (TPSA) is 22.1 Å². The van der Waals surface area contributed by atoms with Gasteiger partial charge in [0, 0.05) is 12.4 Å². The first-order chi connectivity index (χ1) is 9.26. The van der Waals surface area contributed by atoms with Crippen molar-refractivity contribution >= 4 is 0 Å². The minimum absolute atomic E-state index is 0.472. The predicted molar refractivity (Wildman–Crippen MR) is 78.7 cm³/mol. The maximum absolute atomic E-state index is 5.21. The first-order valence-electron chi connectivity index (χ1n) is 6.80. The van der Waals surface area contributed by atoms with Crippen molar-refractivity contribution in [3.05, 3.63) is 59.9 Å². The molecule has 0 aliphatic rings. The lowest BCUT2D eigenvalue weighted by molar-refractivity contribution is 0.414. The van der Waals surface area contributed by atoms with E-state index in [0.717, 1.165) is 12.2 Å². The van der Waals surface area contributed by atoms with Gasteiger partial charge < -0.3 is 4.74 Å². The van der Waals surface area contributed by atoms with Gasteiger partial charge in [0.25, 0.3) is 0 Å². The van der Waals surface area contributed by atoms with Crippen LogP contribution in [0, 0.1) is 0 Å². The Kier molecular flexibility index (Phi) is 4.56. The molecule has 2 aromatic rings. The van der Waals surface area contributed by atoms with Crippen LogP contribution in [0.1, 0.15) is 43.2 Å². The highest BCUT2D eigenvalue weighted by atomic mass is 16.5. The van der Waals surface area contributed by atoms with Crippen LogP contribution in [0.25, 0.3) is 0 Å². The van der Waals surface area contributed by atoms with E-state index in [1.54, 1.807) is 7.11 Å². The molecular formula is C17H21NO. The lowest BCUT2D eigenvalue weighted by Gasteiger charge is -2.23. The molecule has 1 aromatic carbocycles. The average molecular weight is 255 g/mol. The lowest BCUT2D eigenvalue weighted by atomic mass is 9.82. The number of benzene rings is 1. The van der Waals surface area contributed by atoms with E-state index < -0.39 is 0 Å². The van der Waals surface area contributed by atoms with Crippen molar-refractivity contribution in [3.8, 4) is 5.75 Å². The van der Waals surface area contributed by atoms with Crippen LogP contribution in [0.5, 0.6) is 5.75 Å². The van der Waals surface area contributed by atoms with Crippen molar-refractivity contribution in [3.63, 3.8) is 0 Å². The normalized spacial score (nSPS) is 13.8. The Hall–Kier alpha value is -1.83. The monoisotopic (exact) mass is 255 g/mol. The fourth-order valence-corrected chi connectivity index (χ4v) is 2.61. The average Bonchev–Trinajstić information content (AvgIpc) is 2.49. The number of aromatic nitrogens is 1. The van der Waals surface area contributed by atoms with Crippen LogP contribution in [-0.2, 0) is 0 Å². The third-order valence-corrected chi connectivity index (χ3v) is 3.80. The zero-order chi connectivity index (χ0) is 13.7. The van der Waals surface area contributed by atoms with E-state index in [9.17, 15) is 0 Å². The van der Waals surface area contributed by atoms with E-state index >= 15 is 0 Å². The second-order valence-corrected chi connectivity index (χ2v) is 4.86. The van der Waals surface area contributed by atoms with Gasteiger partial charge in [-0.2, -0.15) is 0 Å². The lowest BCUT2D eigenvalue weighted by Crippen LogP contribution is -2.08. The van der Waals surface area contributed by atoms with E-state index in [-0.39, 0.29) is 0 Å². The number of nitrogens with zero attached hydrogens (tertiary/aromatic N) is 1. The van der Waals surface area contributed by atoms with Crippen molar-refractivity contribution in [2.24, 2.45) is 0 Å². The van der Waals surface area contributed by atoms with Crippen molar-refractivity contribution < 1.29 is 4.74 Å². The second kappa shape index (κ2) is 6.37. The molecule has 2 heteroatoms. The molecule has 0 aliphatic carbocycles. The molecule has 2 atom stereocenters. The van der Waals surface area contributed by atoms with Gasteiger partial charge in [0.15, 0.2) is 0 Å². The number of rotatable bonds is 5. The highest BCUT2D eigenvalue weighted by Gasteiger charge is 2.19. The molecule has 0 fully saturated rings. The smallest absolute Gasteiger partial charge is 0.118 e. The Morgan fingerprint density at radius 3 is 2.37 bits per heavy atom. The summed E-state index contributed by atoms with van der Waals surface area (Å²) < 4.78 is 5.21. The molecular weight excluding hydrogens is 234 g/mol. The van der Waals surface area contributed by atoms with Gasteiger partial charge in [-0.25, -0.2) is 0 Å². The standard InChI is InChI=1S/C17H21NO/c1-4-17(15-6-5-11-18-12-15)13(2)14-7-9-16(19-3)10-8-14/h5-13,17H,4H2,1-3H3/t13-,17-/m1/s1. The van der Waals surface area contributed by atoms with Crippen LogP contribution >= 0.6 is 0 Å². The van der Waals surface area contributed by atoms with E-state index in [2.05, 4.69) is 37.0 Å². The third kappa shape index (κ3) is 3.14. The summed E-state index contributed by atoms with van der Waals surface area (Å²) in [5.41, 5.74) is 2.66. The highest BCUT2D eigenvalue weighted by Crippen LogP contribution is 2.35. The molecule has 0 spiro atoms. The van der Waals surface area contributed by atoms with Crippen LogP contribution in [0.15, 0.2) is 48.8 Å². The fraction of sp³-hybridized carbons (Fsp3) is 0.353. The maximum atomic E-state index is 5.21. The summed E-state index contributed by atoms with van der Waals surface area (Å²) in [5.74, 6) is 1.88. The van der Waals surface area contributed by atoms with E-state index in [0.29, 0.717) is 11.8 Å². The van der Waals surface area contributed by atoms with Crippen LogP contribution in [0.4, 0.5) is 0 Å². The van der Waals surface area contributed by atoms with Crippen molar-refractivity contribution in [2.75, 3.05) is 7.11 Å². The molecule has 0 N–H and O–H groups in total. The van der Waals surface area contributed by atoms with Gasteiger partial charge in [0.2, 0.25) is 0 Å². The molecule has 0 saturated heterocycles. The Morgan fingerprint density at radius 2 is 1.84 bits per heavy atom. The third-order valence-electron chi connectivity index (χ3n) is 3.80. The highest BCUT2D eigenvalue weighted by molar-refractivity contribution is 5.32. The van der Waals surface area contributed by atoms with Gasteiger partial charge in [-0.05, 0) is 47.6 Å². The minimum Gasteiger partial charge on any atom is -0.497 e. The van der Waals surface area contributed by atoms with Gasteiger partial charge in [-0.15, -0.1) is 0 Å². The van der Waals surface area contributed by atoms with Crippen molar-refractivity contribution in [1.29, 1.82) is 0 Å². The summed E-state index contributed by atoms with van der Waals surface area (Å²) in [6, 6.07) is 12.6. The fourth-order valence-electron chi connectivity index (χ4n) is 2.61. The van der Waals surface area contributed by atoms with E-state index in [1.165, 1.54) is 11.1 Å². The molecule has 0 aliphatic heterocycles. The van der Waals surface area contributed by atoms with Crippen molar-refractivity contribution in [1.82, 2.24) is 4.98 Å². The molecule has 19 heavy (non-hydrogen) atoms. The van der Waals surface area contributed by atoms with E-state index in [4.69, 9.17) is 4.74 Å². The van der Waals surface area contributed by atoms with Gasteiger partial charge in [-0.1, -0.05) is 32.0 Å². The molecule has 0 unspecified atom stereocenters. The molecule has 0 bridgehead atoms. The summed E-state index contributed by atoms with van der Waals surface area (Å²) >= 11 is 0. The molecule has 2 nitrogen and oxygen atoms in total. The number of ether oxygens (including phenoxy) is 1. The summed E-state index contributed by atoms with van der Waals surface area (Å²) in [5, 5.41) is 0. The van der Waals surface area contributed by atoms with Crippen molar-refractivity contribution in [2.45, 2.75) is 32.1 Å². The number of methoxy groups -OCH3 is 1. The largest absolute Gasteiger partial charge is 0.497 e. The number of hydrogen-bond donors (Lipinski definition) is 0. The first-order valence-corrected chi connectivity index (χ1v) is 6.80. The summed E-state index contributed by atoms with van der Waals surface area (Å²) in [7, 11) is 1.70. The molecule has 1 heterocycles. The number of hydrogen-bond acceptors (Lipinski definition) is 2. The van der Waals surface area contributed by atoms with Crippen LogP contribution in [0.2, 0.25) is 0 Å². The zero-order valence-corrected chi connectivity index (χ0v) is 11.8. The van der Waals surface area contributed by atoms with Gasteiger partial charge in [0.05, 0.1) is 7.11 Å². The SMILES string of the molecule is CC[C@@H](c1cccnc1)[C@H](C)c1ccc(OC)cc1. The quantitative estimate of drug-likeness (QED) is 0.790. The molecule has 0 amide bonds. The maximum Gasteiger partial charge on any atom is 0.118 e. The Bertz CT molecular complexity index is 492. The van der Waals surface area contributed by atoms with Gasteiger partial charge in [-0.3, -0.25) is 4.98 Å². The van der Waals surface area contributed by atoms with Crippen LogP contribution < -0.4 is 4.74 Å². The molecule has 1 aromatic heterocycles. The van der Waals surface area contributed by atoms with Gasteiger partial charge >= 0.3 is 0 Å². The summed E-state index contributed by atoms with van der Waals surface area (Å²) in [6.07, 6.45) is 4.92. The molecule has 0 saturated carbocycles. The Balaban J connectivity index is 2.22. The van der Waals surface area contributed by atoms with Gasteiger partial charge in [0.1, 0.15) is 5.75 Å². The predicted octanol–water partition coefficient (Wildman–Crippen LogP) is 4.39. The Morgan fingerprint density at radius 1 is 1.11 bits per heavy atom. The van der Waals surface area contributed by atoms with Crippen LogP contribution in [-0.4, -0.2) is 12.1 Å². The molecule has 0 radical (unpaired) electrons. The molecule has 100 valence electrons. The Labute approximate surface area is 115 Å². The first kappa shape index (κ1) is 13.6. The summed E-state index contributed by atoms with van der Waals surface area (Å²) in [6.45, 7) is 4.51.